The van der Waals surface area contributed by atoms with Gasteiger partial charge in [0, 0.05) is 28.7 Å². The van der Waals surface area contributed by atoms with Crippen molar-refractivity contribution in [2.45, 2.75) is 52.0 Å². The highest BCUT2D eigenvalue weighted by Crippen LogP contribution is 2.14. The SMILES string of the molecule is CCCCCCC(C)NC(=O)c1ccc2[nH]ccc2c1. The number of hydrogen-bond donors (Lipinski definition) is 2. The molecule has 0 saturated carbocycles. The lowest BCUT2D eigenvalue weighted by atomic mass is 10.1. The van der Waals surface area contributed by atoms with Crippen molar-refractivity contribution in [1.29, 1.82) is 0 Å². The maximum Gasteiger partial charge on any atom is 0.251 e. The molecule has 2 aromatic rings. The Labute approximate surface area is 120 Å². The van der Waals surface area contributed by atoms with Crippen molar-refractivity contribution in [1.82, 2.24) is 10.3 Å². The summed E-state index contributed by atoms with van der Waals surface area (Å²) in [5, 5.41) is 4.16. The van der Waals surface area contributed by atoms with E-state index in [1.807, 2.05) is 30.5 Å². The standard InChI is InChI=1S/C17H24N2O/c1-3-4-5-6-7-13(2)19-17(20)15-8-9-16-14(12-15)10-11-18-16/h8-13,18H,3-7H2,1-2H3,(H,19,20). The summed E-state index contributed by atoms with van der Waals surface area (Å²) >= 11 is 0. The monoisotopic (exact) mass is 272 g/mol. The van der Waals surface area contributed by atoms with Crippen molar-refractivity contribution in [2.24, 2.45) is 0 Å². The van der Waals surface area contributed by atoms with Crippen LogP contribution in [0.4, 0.5) is 0 Å². The molecule has 0 fully saturated rings. The van der Waals surface area contributed by atoms with Gasteiger partial charge in [-0.3, -0.25) is 4.79 Å². The Morgan fingerprint density at radius 1 is 1.25 bits per heavy atom. The minimum atomic E-state index is 0.0242. The summed E-state index contributed by atoms with van der Waals surface area (Å²) in [6.07, 6.45) is 7.92. The minimum absolute atomic E-state index is 0.0242. The lowest BCUT2D eigenvalue weighted by molar-refractivity contribution is 0.0938. The van der Waals surface area contributed by atoms with Gasteiger partial charge in [0.15, 0.2) is 0 Å². The zero-order valence-corrected chi connectivity index (χ0v) is 12.4. The second-order valence-corrected chi connectivity index (χ2v) is 5.50. The molecule has 0 saturated heterocycles. The smallest absolute Gasteiger partial charge is 0.251 e. The lowest BCUT2D eigenvalue weighted by Gasteiger charge is -2.13. The highest BCUT2D eigenvalue weighted by Gasteiger charge is 2.10. The molecule has 1 amide bonds. The van der Waals surface area contributed by atoms with Crippen LogP contribution in [0.3, 0.4) is 0 Å². The molecule has 108 valence electrons. The zero-order valence-electron chi connectivity index (χ0n) is 12.4. The Morgan fingerprint density at radius 2 is 2.10 bits per heavy atom. The largest absolute Gasteiger partial charge is 0.361 e. The van der Waals surface area contributed by atoms with Gasteiger partial charge in [-0.15, -0.1) is 0 Å². The molecule has 20 heavy (non-hydrogen) atoms. The van der Waals surface area contributed by atoms with Crippen molar-refractivity contribution < 1.29 is 4.79 Å². The first kappa shape index (κ1) is 14.6. The first-order valence-corrected chi connectivity index (χ1v) is 7.58. The van der Waals surface area contributed by atoms with Gasteiger partial charge in [0.05, 0.1) is 0 Å². The van der Waals surface area contributed by atoms with E-state index in [0.29, 0.717) is 0 Å². The van der Waals surface area contributed by atoms with E-state index in [4.69, 9.17) is 0 Å². The number of hydrogen-bond acceptors (Lipinski definition) is 1. The van der Waals surface area contributed by atoms with Gasteiger partial charge < -0.3 is 10.3 Å². The van der Waals surface area contributed by atoms with E-state index >= 15 is 0 Å². The van der Waals surface area contributed by atoms with Crippen LogP contribution in [0, 0.1) is 0 Å². The molecule has 1 aromatic carbocycles. The van der Waals surface area contributed by atoms with Crippen LogP contribution in [0.15, 0.2) is 30.5 Å². The Bertz CT molecular complexity index is 559. The molecule has 1 heterocycles. The summed E-state index contributed by atoms with van der Waals surface area (Å²) in [7, 11) is 0. The van der Waals surface area contributed by atoms with E-state index in [1.54, 1.807) is 0 Å². The van der Waals surface area contributed by atoms with Gasteiger partial charge >= 0.3 is 0 Å². The van der Waals surface area contributed by atoms with Crippen molar-refractivity contribution in [2.75, 3.05) is 0 Å². The maximum atomic E-state index is 12.2. The van der Waals surface area contributed by atoms with Crippen LogP contribution < -0.4 is 5.32 Å². The molecule has 1 aromatic heterocycles. The number of fused-ring (bicyclic) bond motifs is 1. The highest BCUT2D eigenvalue weighted by molar-refractivity contribution is 5.98. The molecule has 0 aliphatic carbocycles. The number of amides is 1. The van der Waals surface area contributed by atoms with Gasteiger partial charge in [-0.25, -0.2) is 0 Å². The average molecular weight is 272 g/mol. The van der Waals surface area contributed by atoms with Crippen molar-refractivity contribution >= 4 is 16.8 Å². The predicted octanol–water partition coefficient (Wildman–Crippen LogP) is 4.26. The van der Waals surface area contributed by atoms with Crippen molar-refractivity contribution in [3.63, 3.8) is 0 Å². The molecule has 3 heteroatoms. The summed E-state index contributed by atoms with van der Waals surface area (Å²) in [4.78, 5) is 15.3. The molecule has 0 spiro atoms. The van der Waals surface area contributed by atoms with Crippen LogP contribution >= 0.6 is 0 Å². The summed E-state index contributed by atoms with van der Waals surface area (Å²) < 4.78 is 0. The number of benzene rings is 1. The van der Waals surface area contributed by atoms with Crippen LogP contribution in [0.25, 0.3) is 10.9 Å². The number of H-pyrrole nitrogens is 1. The van der Waals surface area contributed by atoms with E-state index < -0.39 is 0 Å². The van der Waals surface area contributed by atoms with E-state index in [-0.39, 0.29) is 11.9 Å². The molecule has 0 aliphatic heterocycles. The van der Waals surface area contributed by atoms with Gasteiger partial charge in [0.1, 0.15) is 0 Å². The number of unbranched alkanes of at least 4 members (excludes halogenated alkanes) is 3. The van der Waals surface area contributed by atoms with E-state index in [0.717, 1.165) is 22.9 Å². The molecular weight excluding hydrogens is 248 g/mol. The van der Waals surface area contributed by atoms with Crippen LogP contribution in [0.5, 0.6) is 0 Å². The Kier molecular flexibility index (Phi) is 5.22. The number of aromatic amines is 1. The molecule has 0 bridgehead atoms. The minimum Gasteiger partial charge on any atom is -0.361 e. The zero-order chi connectivity index (χ0) is 14.4. The van der Waals surface area contributed by atoms with Gasteiger partial charge in [-0.05, 0) is 37.6 Å². The lowest BCUT2D eigenvalue weighted by Crippen LogP contribution is -2.32. The molecule has 0 aliphatic rings. The quantitative estimate of drug-likeness (QED) is 0.727. The maximum absolute atomic E-state index is 12.2. The first-order chi connectivity index (χ1) is 9.70. The van der Waals surface area contributed by atoms with Crippen LogP contribution in [-0.4, -0.2) is 16.9 Å². The normalized spacial score (nSPS) is 12.5. The summed E-state index contributed by atoms with van der Waals surface area (Å²) in [5.74, 6) is 0.0242. The Morgan fingerprint density at radius 3 is 2.90 bits per heavy atom. The van der Waals surface area contributed by atoms with Crippen LogP contribution in [0.2, 0.25) is 0 Å². The number of rotatable bonds is 7. The topological polar surface area (TPSA) is 44.9 Å². The van der Waals surface area contributed by atoms with Gasteiger partial charge in [-0.1, -0.05) is 32.6 Å². The fourth-order valence-electron chi connectivity index (χ4n) is 2.45. The van der Waals surface area contributed by atoms with Crippen molar-refractivity contribution in [3.05, 3.63) is 36.0 Å². The number of nitrogens with one attached hydrogen (secondary N) is 2. The summed E-state index contributed by atoms with van der Waals surface area (Å²) in [6.45, 7) is 4.29. The predicted molar refractivity (Wildman–Crippen MR) is 84.0 cm³/mol. The van der Waals surface area contributed by atoms with Gasteiger partial charge in [-0.2, -0.15) is 0 Å². The average Bonchev–Trinajstić information content (AvgIpc) is 2.90. The molecular formula is C17H24N2O. The summed E-state index contributed by atoms with van der Waals surface area (Å²) in [6, 6.07) is 7.99. The van der Waals surface area contributed by atoms with Gasteiger partial charge in [0.25, 0.3) is 5.91 Å². The molecule has 1 unspecified atom stereocenters. The fraction of sp³-hybridized carbons (Fsp3) is 0.471. The molecule has 3 nitrogen and oxygen atoms in total. The number of carbonyl (C=O) groups is 1. The van der Waals surface area contributed by atoms with Crippen molar-refractivity contribution in [3.8, 4) is 0 Å². The van der Waals surface area contributed by atoms with Crippen LogP contribution in [-0.2, 0) is 0 Å². The Balaban J connectivity index is 1.87. The second kappa shape index (κ2) is 7.13. The number of aromatic nitrogens is 1. The second-order valence-electron chi connectivity index (χ2n) is 5.50. The van der Waals surface area contributed by atoms with E-state index in [1.165, 1.54) is 25.7 Å². The molecule has 2 N–H and O–H groups in total. The van der Waals surface area contributed by atoms with Gasteiger partial charge in [0.2, 0.25) is 0 Å². The fourth-order valence-corrected chi connectivity index (χ4v) is 2.45. The third kappa shape index (κ3) is 3.86. The molecule has 2 rings (SSSR count). The third-order valence-corrected chi connectivity index (χ3v) is 3.68. The highest BCUT2D eigenvalue weighted by atomic mass is 16.1. The first-order valence-electron chi connectivity index (χ1n) is 7.58. The number of carbonyl (C=O) groups excluding carboxylic acids is 1. The summed E-state index contributed by atoms with van der Waals surface area (Å²) in [5.41, 5.74) is 1.80. The van der Waals surface area contributed by atoms with Crippen LogP contribution in [0.1, 0.15) is 56.3 Å². The Hall–Kier alpha value is -1.77. The van der Waals surface area contributed by atoms with E-state index in [9.17, 15) is 4.79 Å². The molecule has 1 atom stereocenters. The third-order valence-electron chi connectivity index (χ3n) is 3.68. The van der Waals surface area contributed by atoms with E-state index in [2.05, 4.69) is 24.1 Å². The molecule has 0 radical (unpaired) electrons.